The van der Waals surface area contributed by atoms with E-state index in [0.717, 1.165) is 30.9 Å². The molecule has 23 heavy (non-hydrogen) atoms. The lowest BCUT2D eigenvalue weighted by molar-refractivity contribution is 0.0526. The van der Waals surface area contributed by atoms with Gasteiger partial charge in [0.15, 0.2) is 0 Å². The number of esters is 1. The Kier molecular flexibility index (Phi) is 6.35. The van der Waals surface area contributed by atoms with Crippen molar-refractivity contribution in [2.75, 3.05) is 23.8 Å². The summed E-state index contributed by atoms with van der Waals surface area (Å²) in [4.78, 5) is 20.2. The molecule has 1 aromatic carbocycles. The lowest BCUT2D eigenvalue weighted by Gasteiger charge is -2.08. The summed E-state index contributed by atoms with van der Waals surface area (Å²) in [7, 11) is 0. The fourth-order valence-electron chi connectivity index (χ4n) is 1.94. The minimum Gasteiger partial charge on any atom is -0.462 e. The minimum atomic E-state index is -0.322. The monoisotopic (exact) mass is 314 g/mol. The molecule has 2 N–H and O–H groups in total. The van der Waals surface area contributed by atoms with Gasteiger partial charge in [-0.05, 0) is 43.7 Å². The van der Waals surface area contributed by atoms with Crippen LogP contribution in [0.3, 0.4) is 0 Å². The second-order valence-electron chi connectivity index (χ2n) is 4.97. The molecule has 6 nitrogen and oxygen atoms in total. The number of hydrogen-bond donors (Lipinski definition) is 2. The zero-order valence-corrected chi connectivity index (χ0v) is 13.5. The molecule has 2 rings (SSSR count). The molecule has 0 aliphatic heterocycles. The number of anilines is 3. The number of aromatic nitrogens is 2. The Hall–Kier alpha value is -2.63. The van der Waals surface area contributed by atoms with Crippen molar-refractivity contribution in [1.82, 2.24) is 9.97 Å². The summed E-state index contributed by atoms with van der Waals surface area (Å²) in [6.45, 7) is 5.19. The molecular weight excluding hydrogens is 292 g/mol. The number of carbonyl (C=O) groups excluding carboxylic acids is 1. The minimum absolute atomic E-state index is 0.322. The standard InChI is InChI=1S/C17H22N4O2/c1-3-5-11-18-15-10-12-19-17(21-15)20-14-8-6-13(7-9-14)16(22)23-4-2/h6-10,12H,3-5,11H2,1-2H3,(H2,18,19,20,21). The van der Waals surface area contributed by atoms with E-state index in [9.17, 15) is 4.79 Å². The Balaban J connectivity index is 1.98. The van der Waals surface area contributed by atoms with Crippen LogP contribution in [0.15, 0.2) is 36.5 Å². The predicted octanol–water partition coefficient (Wildman–Crippen LogP) is 3.61. The van der Waals surface area contributed by atoms with Crippen LogP contribution in [0.1, 0.15) is 37.0 Å². The first kappa shape index (κ1) is 16.7. The van der Waals surface area contributed by atoms with Gasteiger partial charge in [0.1, 0.15) is 5.82 Å². The molecule has 2 aromatic rings. The Labute approximate surface area is 136 Å². The Morgan fingerprint density at radius 1 is 1.17 bits per heavy atom. The summed E-state index contributed by atoms with van der Waals surface area (Å²) in [6.07, 6.45) is 3.94. The molecule has 122 valence electrons. The third-order valence-electron chi connectivity index (χ3n) is 3.14. The number of nitrogens with one attached hydrogen (secondary N) is 2. The molecule has 1 aromatic heterocycles. The molecule has 0 bridgehead atoms. The summed E-state index contributed by atoms with van der Waals surface area (Å²) in [6, 6.07) is 8.86. The van der Waals surface area contributed by atoms with Crippen LogP contribution < -0.4 is 10.6 Å². The van der Waals surface area contributed by atoms with E-state index in [0.29, 0.717) is 18.1 Å². The van der Waals surface area contributed by atoms with Crippen molar-refractivity contribution in [2.45, 2.75) is 26.7 Å². The third kappa shape index (κ3) is 5.25. The molecule has 0 radical (unpaired) electrons. The second-order valence-corrected chi connectivity index (χ2v) is 4.97. The predicted molar refractivity (Wildman–Crippen MR) is 91.1 cm³/mol. The van der Waals surface area contributed by atoms with Crippen LogP contribution in [0.4, 0.5) is 17.5 Å². The lowest BCUT2D eigenvalue weighted by Crippen LogP contribution is -2.06. The van der Waals surface area contributed by atoms with Crippen molar-refractivity contribution in [3.8, 4) is 0 Å². The van der Waals surface area contributed by atoms with Crippen LogP contribution in [0.25, 0.3) is 0 Å². The largest absolute Gasteiger partial charge is 0.462 e. The summed E-state index contributed by atoms with van der Waals surface area (Å²) < 4.78 is 4.96. The van der Waals surface area contributed by atoms with Crippen LogP contribution in [0, 0.1) is 0 Å². The Bertz CT molecular complexity index is 629. The maximum atomic E-state index is 11.6. The lowest BCUT2D eigenvalue weighted by atomic mass is 10.2. The van der Waals surface area contributed by atoms with E-state index in [1.807, 2.05) is 6.07 Å². The first-order valence-electron chi connectivity index (χ1n) is 7.84. The quantitative estimate of drug-likeness (QED) is 0.572. The van der Waals surface area contributed by atoms with Gasteiger partial charge < -0.3 is 15.4 Å². The fourth-order valence-corrected chi connectivity index (χ4v) is 1.94. The van der Waals surface area contributed by atoms with E-state index >= 15 is 0 Å². The van der Waals surface area contributed by atoms with E-state index in [1.165, 1.54) is 0 Å². The zero-order chi connectivity index (χ0) is 16.5. The van der Waals surface area contributed by atoms with Crippen molar-refractivity contribution in [3.05, 3.63) is 42.1 Å². The number of ether oxygens (including phenoxy) is 1. The van der Waals surface area contributed by atoms with Gasteiger partial charge in [-0.25, -0.2) is 9.78 Å². The summed E-state index contributed by atoms with van der Waals surface area (Å²) in [5.41, 5.74) is 1.33. The molecule has 0 atom stereocenters. The summed E-state index contributed by atoms with van der Waals surface area (Å²) in [5, 5.41) is 6.38. The highest BCUT2D eigenvalue weighted by atomic mass is 16.5. The number of carbonyl (C=O) groups is 1. The Morgan fingerprint density at radius 3 is 2.65 bits per heavy atom. The van der Waals surface area contributed by atoms with Crippen molar-refractivity contribution >= 4 is 23.4 Å². The molecule has 0 saturated carbocycles. The average Bonchev–Trinajstić information content (AvgIpc) is 2.56. The third-order valence-corrected chi connectivity index (χ3v) is 3.14. The van der Waals surface area contributed by atoms with Crippen LogP contribution >= 0.6 is 0 Å². The van der Waals surface area contributed by atoms with E-state index in [-0.39, 0.29) is 5.97 Å². The van der Waals surface area contributed by atoms with Gasteiger partial charge in [-0.15, -0.1) is 0 Å². The van der Waals surface area contributed by atoms with Crippen molar-refractivity contribution in [3.63, 3.8) is 0 Å². The van der Waals surface area contributed by atoms with Crippen LogP contribution in [-0.2, 0) is 4.74 Å². The van der Waals surface area contributed by atoms with Gasteiger partial charge in [0.2, 0.25) is 5.95 Å². The van der Waals surface area contributed by atoms with Crippen LogP contribution in [0.5, 0.6) is 0 Å². The van der Waals surface area contributed by atoms with E-state index < -0.39 is 0 Å². The Morgan fingerprint density at radius 2 is 1.96 bits per heavy atom. The van der Waals surface area contributed by atoms with Gasteiger partial charge >= 0.3 is 5.97 Å². The first-order valence-corrected chi connectivity index (χ1v) is 7.84. The van der Waals surface area contributed by atoms with Crippen molar-refractivity contribution in [2.24, 2.45) is 0 Å². The average molecular weight is 314 g/mol. The summed E-state index contributed by atoms with van der Waals surface area (Å²) in [5.74, 6) is 0.979. The molecular formula is C17H22N4O2. The normalized spacial score (nSPS) is 10.2. The van der Waals surface area contributed by atoms with Gasteiger partial charge in [-0.2, -0.15) is 4.98 Å². The second kappa shape index (κ2) is 8.73. The molecule has 6 heteroatoms. The highest BCUT2D eigenvalue weighted by molar-refractivity contribution is 5.89. The molecule has 0 unspecified atom stereocenters. The zero-order valence-electron chi connectivity index (χ0n) is 13.5. The van der Waals surface area contributed by atoms with E-state index in [4.69, 9.17) is 4.74 Å². The topological polar surface area (TPSA) is 76.1 Å². The molecule has 0 aliphatic carbocycles. The molecule has 0 spiro atoms. The van der Waals surface area contributed by atoms with Gasteiger partial charge in [0.25, 0.3) is 0 Å². The maximum Gasteiger partial charge on any atom is 0.338 e. The molecule has 0 saturated heterocycles. The molecule has 0 aliphatic rings. The highest BCUT2D eigenvalue weighted by Gasteiger charge is 2.06. The van der Waals surface area contributed by atoms with Crippen LogP contribution in [-0.4, -0.2) is 29.1 Å². The van der Waals surface area contributed by atoms with Crippen LogP contribution in [0.2, 0.25) is 0 Å². The smallest absolute Gasteiger partial charge is 0.338 e. The van der Waals surface area contributed by atoms with Crippen molar-refractivity contribution < 1.29 is 9.53 Å². The number of benzene rings is 1. The van der Waals surface area contributed by atoms with Gasteiger partial charge in [0, 0.05) is 18.4 Å². The first-order chi connectivity index (χ1) is 11.2. The fraction of sp³-hybridized carbons (Fsp3) is 0.353. The van der Waals surface area contributed by atoms with Gasteiger partial charge in [-0.1, -0.05) is 13.3 Å². The molecule has 1 heterocycles. The molecule has 0 amide bonds. The number of rotatable bonds is 8. The number of nitrogens with zero attached hydrogens (tertiary/aromatic N) is 2. The van der Waals surface area contributed by atoms with Crippen molar-refractivity contribution in [1.29, 1.82) is 0 Å². The SMILES string of the molecule is CCCCNc1ccnc(Nc2ccc(C(=O)OCC)cc2)n1. The number of unbranched alkanes of at least 4 members (excludes halogenated alkanes) is 1. The highest BCUT2D eigenvalue weighted by Crippen LogP contribution is 2.15. The van der Waals surface area contributed by atoms with E-state index in [2.05, 4.69) is 27.5 Å². The summed E-state index contributed by atoms with van der Waals surface area (Å²) >= 11 is 0. The molecule has 0 fully saturated rings. The van der Waals surface area contributed by atoms with Gasteiger partial charge in [0.05, 0.1) is 12.2 Å². The maximum absolute atomic E-state index is 11.6. The van der Waals surface area contributed by atoms with Gasteiger partial charge in [-0.3, -0.25) is 0 Å². The van der Waals surface area contributed by atoms with E-state index in [1.54, 1.807) is 37.4 Å². The number of hydrogen-bond acceptors (Lipinski definition) is 6.